The third-order valence-corrected chi connectivity index (χ3v) is 3.50. The van der Waals surface area contributed by atoms with E-state index in [9.17, 15) is 5.11 Å². The van der Waals surface area contributed by atoms with E-state index in [0.717, 1.165) is 31.7 Å². The molecule has 0 amide bonds. The summed E-state index contributed by atoms with van der Waals surface area (Å²) < 4.78 is 5.52. The molecule has 1 heterocycles. The quantitative estimate of drug-likeness (QED) is 0.780. The minimum Gasteiger partial charge on any atom is -0.388 e. The third kappa shape index (κ3) is 4.25. The van der Waals surface area contributed by atoms with Crippen LogP contribution in [0.25, 0.3) is 0 Å². The highest BCUT2D eigenvalue weighted by Gasteiger charge is 2.14. The van der Waals surface area contributed by atoms with E-state index >= 15 is 0 Å². The first-order valence-electron chi connectivity index (χ1n) is 6.51. The molecule has 1 saturated heterocycles. The molecule has 1 aromatic carbocycles. The van der Waals surface area contributed by atoms with E-state index in [1.54, 1.807) is 12.1 Å². The lowest BCUT2D eigenvalue weighted by molar-refractivity contribution is 0.107. The molecule has 2 unspecified atom stereocenters. The van der Waals surface area contributed by atoms with Crippen LogP contribution in [-0.2, 0) is 4.74 Å². The molecule has 1 aromatic rings. The van der Waals surface area contributed by atoms with Crippen LogP contribution in [0.2, 0.25) is 5.02 Å². The summed E-state index contributed by atoms with van der Waals surface area (Å²) >= 11 is 5.81. The maximum atomic E-state index is 9.99. The van der Waals surface area contributed by atoms with Gasteiger partial charge in [-0.15, -0.1) is 0 Å². The number of aliphatic hydroxyl groups is 1. The van der Waals surface area contributed by atoms with Crippen molar-refractivity contribution in [2.45, 2.75) is 31.5 Å². The molecule has 2 atom stereocenters. The number of halogens is 1. The van der Waals surface area contributed by atoms with Crippen molar-refractivity contribution >= 4 is 11.6 Å². The molecule has 18 heavy (non-hydrogen) atoms. The van der Waals surface area contributed by atoms with Crippen LogP contribution in [0.15, 0.2) is 24.3 Å². The van der Waals surface area contributed by atoms with Gasteiger partial charge in [-0.25, -0.2) is 0 Å². The third-order valence-electron chi connectivity index (χ3n) is 3.25. The minimum absolute atomic E-state index is 0.359. The van der Waals surface area contributed by atoms with Crippen molar-refractivity contribution in [3.05, 3.63) is 34.9 Å². The second-order valence-corrected chi connectivity index (χ2v) is 5.13. The molecule has 4 heteroatoms. The van der Waals surface area contributed by atoms with Crippen LogP contribution in [0.4, 0.5) is 0 Å². The Hall–Kier alpha value is -0.610. The predicted octanol–water partition coefficient (Wildman–Crippen LogP) is 2.53. The van der Waals surface area contributed by atoms with Crippen LogP contribution >= 0.6 is 11.6 Å². The Bertz CT molecular complexity index is 349. The molecule has 2 N–H and O–H groups in total. The number of benzene rings is 1. The van der Waals surface area contributed by atoms with Crippen molar-refractivity contribution in [1.82, 2.24) is 5.32 Å². The number of hydrogen-bond acceptors (Lipinski definition) is 3. The summed E-state index contributed by atoms with van der Waals surface area (Å²) in [5.41, 5.74) is 0.915. The van der Waals surface area contributed by atoms with E-state index in [4.69, 9.17) is 16.3 Å². The predicted molar refractivity (Wildman–Crippen MR) is 72.9 cm³/mol. The van der Waals surface area contributed by atoms with Gasteiger partial charge in [-0.1, -0.05) is 23.7 Å². The largest absolute Gasteiger partial charge is 0.388 e. The van der Waals surface area contributed by atoms with E-state index in [-0.39, 0.29) is 0 Å². The van der Waals surface area contributed by atoms with Crippen molar-refractivity contribution in [2.75, 3.05) is 19.7 Å². The van der Waals surface area contributed by atoms with Crippen molar-refractivity contribution < 1.29 is 9.84 Å². The van der Waals surface area contributed by atoms with Crippen LogP contribution < -0.4 is 5.32 Å². The van der Waals surface area contributed by atoms with Crippen molar-refractivity contribution in [1.29, 1.82) is 0 Å². The average Bonchev–Trinajstić information content (AvgIpc) is 2.88. The normalized spacial score (nSPS) is 21.1. The summed E-state index contributed by atoms with van der Waals surface area (Å²) in [5, 5.41) is 14.0. The molecule has 0 spiro atoms. The van der Waals surface area contributed by atoms with Crippen molar-refractivity contribution in [2.24, 2.45) is 0 Å². The Kier molecular flexibility index (Phi) is 5.45. The molecule has 0 radical (unpaired) electrons. The highest BCUT2D eigenvalue weighted by atomic mass is 35.5. The number of nitrogens with one attached hydrogen (secondary N) is 1. The van der Waals surface area contributed by atoms with Crippen LogP contribution in [-0.4, -0.2) is 30.9 Å². The van der Waals surface area contributed by atoms with Gasteiger partial charge in [0, 0.05) is 18.2 Å². The van der Waals surface area contributed by atoms with Crippen LogP contribution in [0.5, 0.6) is 0 Å². The number of rotatable bonds is 6. The van der Waals surface area contributed by atoms with E-state index in [1.165, 1.54) is 6.42 Å². The maximum absolute atomic E-state index is 9.99. The molecule has 1 aliphatic heterocycles. The fourth-order valence-corrected chi connectivity index (χ4v) is 2.28. The van der Waals surface area contributed by atoms with Gasteiger partial charge in [0.05, 0.1) is 12.2 Å². The summed E-state index contributed by atoms with van der Waals surface area (Å²) in [6.07, 6.45) is 2.94. The van der Waals surface area contributed by atoms with Crippen LogP contribution in [0, 0.1) is 0 Å². The lowest BCUT2D eigenvalue weighted by Gasteiger charge is -2.14. The lowest BCUT2D eigenvalue weighted by atomic mass is 10.1. The van der Waals surface area contributed by atoms with Gasteiger partial charge in [0.2, 0.25) is 0 Å². The molecular formula is C14H20ClNO2. The summed E-state index contributed by atoms with van der Waals surface area (Å²) in [5.74, 6) is 0. The zero-order valence-electron chi connectivity index (χ0n) is 10.4. The van der Waals surface area contributed by atoms with Gasteiger partial charge in [-0.3, -0.25) is 0 Å². The summed E-state index contributed by atoms with van der Waals surface area (Å²) in [4.78, 5) is 0. The lowest BCUT2D eigenvalue weighted by Crippen LogP contribution is -2.27. The number of ether oxygens (including phenoxy) is 1. The molecule has 0 saturated carbocycles. The van der Waals surface area contributed by atoms with Gasteiger partial charge in [-0.2, -0.15) is 0 Å². The standard InChI is InChI=1S/C14H20ClNO2/c15-12-5-3-11(4-6-12)14(17)7-8-16-10-13-2-1-9-18-13/h3-6,13-14,16-17H,1-2,7-10H2. The van der Waals surface area contributed by atoms with Gasteiger partial charge in [0.25, 0.3) is 0 Å². The molecule has 2 rings (SSSR count). The molecule has 0 aromatic heterocycles. The van der Waals surface area contributed by atoms with Gasteiger partial charge in [-0.05, 0) is 43.5 Å². The molecular weight excluding hydrogens is 250 g/mol. The number of hydrogen-bond donors (Lipinski definition) is 2. The van der Waals surface area contributed by atoms with E-state index in [2.05, 4.69) is 5.32 Å². The smallest absolute Gasteiger partial charge is 0.0802 e. The molecule has 0 aliphatic carbocycles. The molecule has 3 nitrogen and oxygen atoms in total. The minimum atomic E-state index is -0.431. The topological polar surface area (TPSA) is 41.5 Å². The van der Waals surface area contributed by atoms with Crippen LogP contribution in [0.3, 0.4) is 0 Å². The zero-order valence-corrected chi connectivity index (χ0v) is 11.2. The molecule has 0 bridgehead atoms. The average molecular weight is 270 g/mol. The summed E-state index contributed by atoms with van der Waals surface area (Å²) in [6, 6.07) is 7.35. The highest BCUT2D eigenvalue weighted by Crippen LogP contribution is 2.18. The molecule has 1 fully saturated rings. The second kappa shape index (κ2) is 7.10. The second-order valence-electron chi connectivity index (χ2n) is 4.70. The Morgan fingerprint density at radius 1 is 1.39 bits per heavy atom. The van der Waals surface area contributed by atoms with Gasteiger partial charge >= 0.3 is 0 Å². The first-order valence-corrected chi connectivity index (χ1v) is 6.89. The Morgan fingerprint density at radius 3 is 2.83 bits per heavy atom. The van der Waals surface area contributed by atoms with Gasteiger partial charge < -0.3 is 15.2 Å². The van der Waals surface area contributed by atoms with E-state index < -0.39 is 6.10 Å². The fraction of sp³-hybridized carbons (Fsp3) is 0.571. The summed E-state index contributed by atoms with van der Waals surface area (Å²) in [6.45, 7) is 2.57. The SMILES string of the molecule is OC(CCNCC1CCCO1)c1ccc(Cl)cc1. The van der Waals surface area contributed by atoms with Gasteiger partial charge in [0.1, 0.15) is 0 Å². The fourth-order valence-electron chi connectivity index (χ4n) is 2.16. The number of aliphatic hydroxyl groups excluding tert-OH is 1. The first-order chi connectivity index (χ1) is 8.75. The highest BCUT2D eigenvalue weighted by molar-refractivity contribution is 6.30. The Balaban J connectivity index is 1.64. The van der Waals surface area contributed by atoms with E-state index in [0.29, 0.717) is 17.5 Å². The van der Waals surface area contributed by atoms with E-state index in [1.807, 2.05) is 12.1 Å². The van der Waals surface area contributed by atoms with Crippen LogP contribution in [0.1, 0.15) is 30.9 Å². The zero-order chi connectivity index (χ0) is 12.8. The van der Waals surface area contributed by atoms with Crippen molar-refractivity contribution in [3.63, 3.8) is 0 Å². The van der Waals surface area contributed by atoms with Gasteiger partial charge in [0.15, 0.2) is 0 Å². The maximum Gasteiger partial charge on any atom is 0.0802 e. The summed E-state index contributed by atoms with van der Waals surface area (Å²) in [7, 11) is 0. The molecule has 100 valence electrons. The monoisotopic (exact) mass is 269 g/mol. The first kappa shape index (κ1) is 13.8. The Morgan fingerprint density at radius 2 is 2.17 bits per heavy atom. The van der Waals surface area contributed by atoms with Crippen molar-refractivity contribution in [3.8, 4) is 0 Å². The Labute approximate surface area is 113 Å². The molecule has 1 aliphatic rings.